The summed E-state index contributed by atoms with van der Waals surface area (Å²) >= 11 is 6.91. The lowest BCUT2D eigenvalue weighted by molar-refractivity contribution is -0.384. The van der Waals surface area contributed by atoms with E-state index in [4.69, 9.17) is 12.2 Å². The van der Waals surface area contributed by atoms with Gasteiger partial charge in [0, 0.05) is 34.2 Å². The van der Waals surface area contributed by atoms with Crippen molar-refractivity contribution in [3.05, 3.63) is 94.5 Å². The van der Waals surface area contributed by atoms with Crippen LogP contribution in [-0.2, 0) is 6.42 Å². The molecule has 0 aliphatic carbocycles. The molecule has 3 rings (SSSR count). The molecule has 0 aromatic heterocycles. The Morgan fingerprint density at radius 2 is 1.55 bits per heavy atom. The second-order valence-corrected chi connectivity index (χ2v) is 7.90. The Bertz CT molecular complexity index is 946. The molecule has 148 valence electrons. The number of hydrogen-bond donors (Lipinski definition) is 2. The molecule has 0 amide bonds. The lowest BCUT2D eigenvalue weighted by Crippen LogP contribution is -2.29. The average molecular weight is 424 g/mol. The molecule has 0 radical (unpaired) electrons. The second-order valence-electron chi connectivity index (χ2n) is 6.35. The van der Waals surface area contributed by atoms with Gasteiger partial charge in [-0.2, -0.15) is 0 Å². The molecular formula is C22H21N3O2S2. The number of thiocarbonyl (C=S) groups is 1. The van der Waals surface area contributed by atoms with Gasteiger partial charge >= 0.3 is 0 Å². The van der Waals surface area contributed by atoms with Crippen molar-refractivity contribution in [1.29, 1.82) is 0 Å². The van der Waals surface area contributed by atoms with Crippen LogP contribution < -0.4 is 10.6 Å². The molecule has 0 spiro atoms. The van der Waals surface area contributed by atoms with Gasteiger partial charge in [-0.05, 0) is 67.0 Å². The van der Waals surface area contributed by atoms with Gasteiger partial charge in [-0.1, -0.05) is 42.1 Å². The lowest BCUT2D eigenvalue weighted by atomic mass is 10.1. The highest BCUT2D eigenvalue weighted by molar-refractivity contribution is 7.99. The number of rotatable bonds is 8. The molecule has 3 aromatic carbocycles. The molecule has 0 unspecified atom stereocenters. The van der Waals surface area contributed by atoms with Crippen molar-refractivity contribution in [2.75, 3.05) is 11.9 Å². The summed E-state index contributed by atoms with van der Waals surface area (Å²) in [6.07, 6.45) is 2.03. The third kappa shape index (κ3) is 6.89. The van der Waals surface area contributed by atoms with E-state index in [-0.39, 0.29) is 5.69 Å². The third-order valence-electron chi connectivity index (χ3n) is 4.17. The Hall–Kier alpha value is -2.90. The largest absolute Gasteiger partial charge is 0.362 e. The summed E-state index contributed by atoms with van der Waals surface area (Å²) in [7, 11) is 0. The number of nitro benzene ring substituents is 1. The van der Waals surface area contributed by atoms with E-state index in [9.17, 15) is 10.1 Å². The van der Waals surface area contributed by atoms with Crippen molar-refractivity contribution in [2.45, 2.75) is 22.6 Å². The van der Waals surface area contributed by atoms with Gasteiger partial charge in [-0.3, -0.25) is 10.1 Å². The highest BCUT2D eigenvalue weighted by Crippen LogP contribution is 2.29. The van der Waals surface area contributed by atoms with E-state index in [1.54, 1.807) is 23.9 Å². The molecule has 0 saturated carbocycles. The minimum absolute atomic E-state index is 0.0960. The van der Waals surface area contributed by atoms with E-state index in [1.165, 1.54) is 17.7 Å². The first kappa shape index (κ1) is 20.8. The zero-order valence-electron chi connectivity index (χ0n) is 15.7. The topological polar surface area (TPSA) is 67.2 Å². The maximum Gasteiger partial charge on any atom is 0.269 e. The summed E-state index contributed by atoms with van der Waals surface area (Å²) in [5.74, 6) is 0. The van der Waals surface area contributed by atoms with Crippen molar-refractivity contribution in [1.82, 2.24) is 5.32 Å². The normalized spacial score (nSPS) is 10.3. The Morgan fingerprint density at radius 1 is 0.931 bits per heavy atom. The smallest absolute Gasteiger partial charge is 0.269 e. The van der Waals surface area contributed by atoms with Crippen LogP contribution in [0, 0.1) is 10.1 Å². The van der Waals surface area contributed by atoms with Crippen molar-refractivity contribution in [3.8, 4) is 0 Å². The zero-order valence-corrected chi connectivity index (χ0v) is 17.3. The Labute approximate surface area is 179 Å². The molecule has 0 fully saturated rings. The summed E-state index contributed by atoms with van der Waals surface area (Å²) in [6.45, 7) is 0.814. The molecule has 29 heavy (non-hydrogen) atoms. The Morgan fingerprint density at radius 3 is 2.17 bits per heavy atom. The van der Waals surface area contributed by atoms with Crippen LogP contribution >= 0.6 is 24.0 Å². The first-order chi connectivity index (χ1) is 14.1. The Balaban J connectivity index is 1.42. The fourth-order valence-corrected chi connectivity index (χ4v) is 3.73. The molecule has 0 atom stereocenters. The van der Waals surface area contributed by atoms with E-state index in [0.29, 0.717) is 5.11 Å². The van der Waals surface area contributed by atoms with Gasteiger partial charge in [-0.25, -0.2) is 0 Å². The molecule has 0 bridgehead atoms. The van der Waals surface area contributed by atoms with Crippen LogP contribution in [0.25, 0.3) is 0 Å². The van der Waals surface area contributed by atoms with Gasteiger partial charge in [0.1, 0.15) is 0 Å². The predicted molar refractivity (Wildman–Crippen MR) is 123 cm³/mol. The second kappa shape index (κ2) is 10.6. The van der Waals surface area contributed by atoms with Gasteiger partial charge in [0.05, 0.1) is 4.92 Å². The van der Waals surface area contributed by atoms with E-state index in [1.807, 2.05) is 30.3 Å². The summed E-state index contributed by atoms with van der Waals surface area (Å²) in [5.41, 5.74) is 2.34. The maximum absolute atomic E-state index is 10.7. The van der Waals surface area contributed by atoms with Crippen molar-refractivity contribution in [3.63, 3.8) is 0 Å². The fraction of sp³-hybridized carbons (Fsp3) is 0.136. The molecule has 2 N–H and O–H groups in total. The predicted octanol–water partition coefficient (Wildman–Crippen LogP) is 5.67. The van der Waals surface area contributed by atoms with Gasteiger partial charge in [0.25, 0.3) is 5.69 Å². The highest BCUT2D eigenvalue weighted by atomic mass is 32.2. The van der Waals surface area contributed by atoms with Crippen LogP contribution in [0.5, 0.6) is 0 Å². The molecular weight excluding hydrogens is 402 g/mol. The quantitative estimate of drug-likeness (QED) is 0.211. The number of non-ortho nitro benzene ring substituents is 1. The van der Waals surface area contributed by atoms with Gasteiger partial charge < -0.3 is 10.6 Å². The van der Waals surface area contributed by atoms with Gasteiger partial charge in [0.2, 0.25) is 0 Å². The molecule has 3 aromatic rings. The number of hydrogen-bond acceptors (Lipinski definition) is 4. The molecule has 0 aliphatic rings. The first-order valence-corrected chi connectivity index (χ1v) is 10.4. The van der Waals surface area contributed by atoms with Crippen LogP contribution in [0.1, 0.15) is 12.0 Å². The van der Waals surface area contributed by atoms with Crippen LogP contribution in [0.3, 0.4) is 0 Å². The molecule has 0 aliphatic heterocycles. The molecule has 7 heteroatoms. The molecule has 5 nitrogen and oxygen atoms in total. The van der Waals surface area contributed by atoms with E-state index < -0.39 is 4.92 Å². The number of nitro groups is 1. The average Bonchev–Trinajstić information content (AvgIpc) is 2.74. The monoisotopic (exact) mass is 423 g/mol. The number of anilines is 1. The summed E-state index contributed by atoms with van der Waals surface area (Å²) in [5, 5.41) is 17.7. The summed E-state index contributed by atoms with van der Waals surface area (Å²) in [4.78, 5) is 12.3. The summed E-state index contributed by atoms with van der Waals surface area (Å²) < 4.78 is 0. The highest BCUT2D eigenvalue weighted by Gasteiger charge is 2.05. The van der Waals surface area contributed by atoms with Gasteiger partial charge in [0.15, 0.2) is 5.11 Å². The number of aryl methyl sites for hydroxylation is 1. The van der Waals surface area contributed by atoms with E-state index >= 15 is 0 Å². The van der Waals surface area contributed by atoms with Crippen LogP contribution in [0.15, 0.2) is 88.7 Å². The SMILES string of the molecule is O=[N+]([O-])c1ccc(Sc2ccc(NC(=S)NCCCc3ccccc3)cc2)cc1. The van der Waals surface area contributed by atoms with E-state index in [2.05, 4.69) is 34.9 Å². The maximum atomic E-state index is 10.7. The Kier molecular flexibility index (Phi) is 7.61. The van der Waals surface area contributed by atoms with Crippen LogP contribution in [0.4, 0.5) is 11.4 Å². The van der Waals surface area contributed by atoms with Crippen LogP contribution in [0.2, 0.25) is 0 Å². The van der Waals surface area contributed by atoms with Gasteiger partial charge in [-0.15, -0.1) is 0 Å². The zero-order chi connectivity index (χ0) is 20.5. The number of nitrogens with zero attached hydrogens (tertiary/aromatic N) is 1. The first-order valence-electron chi connectivity index (χ1n) is 9.21. The minimum Gasteiger partial charge on any atom is -0.362 e. The number of nitrogens with one attached hydrogen (secondary N) is 2. The minimum atomic E-state index is -0.395. The lowest BCUT2D eigenvalue weighted by Gasteiger charge is -2.11. The van der Waals surface area contributed by atoms with Crippen molar-refractivity contribution >= 4 is 40.5 Å². The standard InChI is InChI=1S/C22H21N3O2S2/c26-25(27)19-10-14-21(15-11-19)29-20-12-8-18(9-13-20)24-22(28)23-16-4-7-17-5-2-1-3-6-17/h1-3,5-6,8-15H,4,7,16H2,(H2,23,24,28). The van der Waals surface area contributed by atoms with E-state index in [0.717, 1.165) is 34.9 Å². The third-order valence-corrected chi connectivity index (χ3v) is 5.43. The van der Waals surface area contributed by atoms with Crippen molar-refractivity contribution < 1.29 is 4.92 Å². The summed E-state index contributed by atoms with van der Waals surface area (Å²) in [6, 6.07) is 24.8. The van der Waals surface area contributed by atoms with Crippen LogP contribution in [-0.4, -0.2) is 16.6 Å². The molecule has 0 heterocycles. The number of benzene rings is 3. The molecule has 0 saturated heterocycles. The van der Waals surface area contributed by atoms with Crippen molar-refractivity contribution in [2.24, 2.45) is 0 Å². The fourth-order valence-electron chi connectivity index (χ4n) is 2.69.